The molecule has 2 N–H and O–H groups in total. The predicted molar refractivity (Wildman–Crippen MR) is 64.2 cm³/mol. The number of aryl methyl sites for hydroxylation is 1. The van der Waals surface area contributed by atoms with Gasteiger partial charge >= 0.3 is 0 Å². The molecule has 1 aromatic rings. The maximum atomic E-state index is 5.86. The summed E-state index contributed by atoms with van der Waals surface area (Å²) >= 11 is 0. The Morgan fingerprint density at radius 1 is 1.31 bits per heavy atom. The first-order valence-corrected chi connectivity index (χ1v) is 6.34. The van der Waals surface area contributed by atoms with Crippen molar-refractivity contribution in [1.82, 2.24) is 14.8 Å². The van der Waals surface area contributed by atoms with E-state index < -0.39 is 0 Å². The van der Waals surface area contributed by atoms with Gasteiger partial charge in [0.25, 0.3) is 0 Å². The Kier molecular flexibility index (Phi) is 3.59. The standard InChI is InChI=1S/C12H22N4/c1-9(2)7-10(8-13)12-15-14-11-5-3-4-6-16(11)12/h9-10H,3-8,13H2,1-2H3. The molecule has 0 spiro atoms. The first-order valence-electron chi connectivity index (χ1n) is 6.34. The smallest absolute Gasteiger partial charge is 0.137 e. The lowest BCUT2D eigenvalue weighted by atomic mass is 9.96. The molecule has 0 saturated carbocycles. The Morgan fingerprint density at radius 2 is 2.12 bits per heavy atom. The van der Waals surface area contributed by atoms with Gasteiger partial charge in [0.05, 0.1) is 0 Å². The zero-order chi connectivity index (χ0) is 11.5. The molecule has 16 heavy (non-hydrogen) atoms. The lowest BCUT2D eigenvalue weighted by Gasteiger charge is -2.20. The van der Waals surface area contributed by atoms with Crippen LogP contribution in [0.5, 0.6) is 0 Å². The maximum Gasteiger partial charge on any atom is 0.137 e. The van der Waals surface area contributed by atoms with Crippen LogP contribution in [0.2, 0.25) is 0 Å². The molecule has 0 amide bonds. The van der Waals surface area contributed by atoms with Gasteiger partial charge < -0.3 is 10.3 Å². The highest BCUT2D eigenvalue weighted by Gasteiger charge is 2.22. The Labute approximate surface area is 97.2 Å². The van der Waals surface area contributed by atoms with Crippen molar-refractivity contribution in [3.63, 3.8) is 0 Å². The summed E-state index contributed by atoms with van der Waals surface area (Å²) in [7, 11) is 0. The van der Waals surface area contributed by atoms with Crippen molar-refractivity contribution in [2.75, 3.05) is 6.54 Å². The fraction of sp³-hybridized carbons (Fsp3) is 0.833. The molecule has 4 nitrogen and oxygen atoms in total. The highest BCUT2D eigenvalue weighted by atomic mass is 15.3. The highest BCUT2D eigenvalue weighted by Crippen LogP contribution is 2.24. The zero-order valence-corrected chi connectivity index (χ0v) is 10.3. The molecule has 2 rings (SSSR count). The van der Waals surface area contributed by atoms with Crippen molar-refractivity contribution in [1.29, 1.82) is 0 Å². The third kappa shape index (κ3) is 2.26. The Hall–Kier alpha value is -0.900. The Morgan fingerprint density at radius 3 is 2.81 bits per heavy atom. The molecule has 1 unspecified atom stereocenters. The summed E-state index contributed by atoms with van der Waals surface area (Å²) in [5, 5.41) is 8.65. The predicted octanol–water partition coefficient (Wildman–Crippen LogP) is 1.70. The number of hydrogen-bond acceptors (Lipinski definition) is 3. The van der Waals surface area contributed by atoms with Gasteiger partial charge in [-0.15, -0.1) is 10.2 Å². The lowest BCUT2D eigenvalue weighted by molar-refractivity contribution is 0.445. The van der Waals surface area contributed by atoms with E-state index in [9.17, 15) is 0 Å². The van der Waals surface area contributed by atoms with Crippen LogP contribution in [-0.2, 0) is 13.0 Å². The van der Waals surface area contributed by atoms with Crippen LogP contribution < -0.4 is 5.73 Å². The van der Waals surface area contributed by atoms with Crippen molar-refractivity contribution < 1.29 is 0 Å². The van der Waals surface area contributed by atoms with Crippen LogP contribution in [0.4, 0.5) is 0 Å². The largest absolute Gasteiger partial charge is 0.330 e. The normalized spacial score (nSPS) is 17.5. The minimum atomic E-state index is 0.374. The average molecular weight is 222 g/mol. The van der Waals surface area contributed by atoms with Gasteiger partial charge in [-0.05, 0) is 25.2 Å². The summed E-state index contributed by atoms with van der Waals surface area (Å²) in [6.45, 7) is 6.22. The molecule has 2 heterocycles. The fourth-order valence-electron chi connectivity index (χ4n) is 2.51. The van der Waals surface area contributed by atoms with Gasteiger partial charge in [-0.3, -0.25) is 0 Å². The molecule has 0 aromatic carbocycles. The first kappa shape index (κ1) is 11.6. The van der Waals surface area contributed by atoms with E-state index in [4.69, 9.17) is 5.73 Å². The minimum absolute atomic E-state index is 0.374. The summed E-state index contributed by atoms with van der Waals surface area (Å²) in [5.74, 6) is 3.30. The third-order valence-electron chi connectivity index (χ3n) is 3.29. The van der Waals surface area contributed by atoms with E-state index in [1.165, 1.54) is 12.8 Å². The third-order valence-corrected chi connectivity index (χ3v) is 3.29. The zero-order valence-electron chi connectivity index (χ0n) is 10.3. The van der Waals surface area contributed by atoms with E-state index in [0.717, 1.165) is 31.0 Å². The molecule has 1 aromatic heterocycles. The van der Waals surface area contributed by atoms with E-state index in [2.05, 4.69) is 28.6 Å². The molecule has 0 saturated heterocycles. The number of hydrogen-bond donors (Lipinski definition) is 1. The number of rotatable bonds is 4. The fourth-order valence-corrected chi connectivity index (χ4v) is 2.51. The molecule has 90 valence electrons. The number of nitrogens with two attached hydrogens (primary N) is 1. The SMILES string of the molecule is CC(C)CC(CN)c1nnc2n1CCCC2. The van der Waals surface area contributed by atoms with E-state index in [0.29, 0.717) is 18.4 Å². The number of nitrogens with zero attached hydrogens (tertiary/aromatic N) is 3. The van der Waals surface area contributed by atoms with Crippen molar-refractivity contribution in [2.24, 2.45) is 11.7 Å². The van der Waals surface area contributed by atoms with Crippen LogP contribution >= 0.6 is 0 Å². The topological polar surface area (TPSA) is 56.7 Å². The van der Waals surface area contributed by atoms with Crippen LogP contribution in [-0.4, -0.2) is 21.3 Å². The second-order valence-electron chi connectivity index (χ2n) is 5.15. The molecule has 1 atom stereocenters. The van der Waals surface area contributed by atoms with Gasteiger partial charge in [-0.25, -0.2) is 0 Å². The van der Waals surface area contributed by atoms with E-state index in [1.807, 2.05) is 0 Å². The summed E-state index contributed by atoms with van der Waals surface area (Å²) < 4.78 is 2.30. The first-order chi connectivity index (χ1) is 7.72. The van der Waals surface area contributed by atoms with Crippen molar-refractivity contribution in [2.45, 2.75) is 52.0 Å². The summed E-state index contributed by atoms with van der Waals surface area (Å²) in [4.78, 5) is 0. The molecule has 4 heteroatoms. The lowest BCUT2D eigenvalue weighted by Crippen LogP contribution is -2.21. The summed E-state index contributed by atoms with van der Waals surface area (Å²) in [5.41, 5.74) is 5.86. The molecule has 1 aliphatic heterocycles. The van der Waals surface area contributed by atoms with Crippen molar-refractivity contribution in [3.05, 3.63) is 11.6 Å². The van der Waals surface area contributed by atoms with Gasteiger partial charge in [0.1, 0.15) is 11.6 Å². The van der Waals surface area contributed by atoms with Gasteiger partial charge in [0.2, 0.25) is 0 Å². The summed E-state index contributed by atoms with van der Waals surface area (Å²) in [6.07, 6.45) is 4.67. The molecule has 0 bridgehead atoms. The minimum Gasteiger partial charge on any atom is -0.330 e. The van der Waals surface area contributed by atoms with Gasteiger partial charge in [-0.2, -0.15) is 0 Å². The highest BCUT2D eigenvalue weighted by molar-refractivity contribution is 5.05. The molecular formula is C12H22N4. The second-order valence-corrected chi connectivity index (χ2v) is 5.15. The Bertz CT molecular complexity index is 343. The van der Waals surface area contributed by atoms with E-state index in [-0.39, 0.29) is 0 Å². The molecule has 1 aliphatic rings. The second kappa shape index (κ2) is 4.95. The summed E-state index contributed by atoms with van der Waals surface area (Å²) in [6, 6.07) is 0. The monoisotopic (exact) mass is 222 g/mol. The maximum absolute atomic E-state index is 5.86. The average Bonchev–Trinajstić information content (AvgIpc) is 2.69. The van der Waals surface area contributed by atoms with Crippen LogP contribution in [0.1, 0.15) is 50.7 Å². The molecule has 0 aliphatic carbocycles. The van der Waals surface area contributed by atoms with Crippen molar-refractivity contribution >= 4 is 0 Å². The van der Waals surface area contributed by atoms with Crippen LogP contribution in [0.25, 0.3) is 0 Å². The van der Waals surface area contributed by atoms with Crippen LogP contribution in [0.3, 0.4) is 0 Å². The molecule has 0 radical (unpaired) electrons. The van der Waals surface area contributed by atoms with Gasteiger partial charge in [0, 0.05) is 25.4 Å². The van der Waals surface area contributed by atoms with Crippen molar-refractivity contribution in [3.8, 4) is 0 Å². The number of fused-ring (bicyclic) bond motifs is 1. The van der Waals surface area contributed by atoms with E-state index >= 15 is 0 Å². The molecule has 0 fully saturated rings. The quantitative estimate of drug-likeness (QED) is 0.843. The van der Waals surface area contributed by atoms with Crippen LogP contribution in [0, 0.1) is 5.92 Å². The molecular weight excluding hydrogens is 200 g/mol. The van der Waals surface area contributed by atoms with Gasteiger partial charge in [-0.1, -0.05) is 13.8 Å². The van der Waals surface area contributed by atoms with Gasteiger partial charge in [0.15, 0.2) is 0 Å². The van der Waals surface area contributed by atoms with E-state index in [1.54, 1.807) is 0 Å². The van der Waals surface area contributed by atoms with Crippen LogP contribution in [0.15, 0.2) is 0 Å². The number of aromatic nitrogens is 3. The Balaban J connectivity index is 2.21.